The molecule has 1 atom stereocenters. The zero-order chi connectivity index (χ0) is 12.0. The van der Waals surface area contributed by atoms with Gasteiger partial charge in [0.15, 0.2) is 0 Å². The minimum Gasteiger partial charge on any atom is -0.468 e. The molecule has 0 aliphatic heterocycles. The molecule has 0 aromatic heterocycles. The zero-order valence-electron chi connectivity index (χ0n) is 9.50. The van der Waals surface area contributed by atoms with Crippen LogP contribution in [0.25, 0.3) is 0 Å². The van der Waals surface area contributed by atoms with Gasteiger partial charge < -0.3 is 10.1 Å². The van der Waals surface area contributed by atoms with Crippen molar-refractivity contribution in [2.45, 2.75) is 19.4 Å². The van der Waals surface area contributed by atoms with E-state index in [0.29, 0.717) is 13.0 Å². The van der Waals surface area contributed by atoms with Crippen LogP contribution < -0.4 is 5.32 Å². The van der Waals surface area contributed by atoms with Crippen LogP contribution in [-0.2, 0) is 16.0 Å². The van der Waals surface area contributed by atoms with E-state index in [2.05, 4.69) is 10.1 Å². The molecule has 3 nitrogen and oxygen atoms in total. The molecule has 0 aliphatic rings. The van der Waals surface area contributed by atoms with Crippen molar-refractivity contribution in [1.82, 2.24) is 5.32 Å². The van der Waals surface area contributed by atoms with Crippen LogP contribution in [0.5, 0.6) is 0 Å². The molecule has 0 saturated carbocycles. The molecule has 1 unspecified atom stereocenters. The Kier molecular flexibility index (Phi) is 4.92. The van der Waals surface area contributed by atoms with Crippen molar-refractivity contribution in [3.8, 4) is 0 Å². The van der Waals surface area contributed by atoms with Gasteiger partial charge in [0.05, 0.1) is 7.11 Å². The van der Waals surface area contributed by atoms with Gasteiger partial charge in [-0.15, -0.1) is 0 Å². The summed E-state index contributed by atoms with van der Waals surface area (Å²) in [7, 11) is 1.35. The Morgan fingerprint density at radius 1 is 1.56 bits per heavy atom. The molecule has 0 fully saturated rings. The molecule has 0 spiro atoms. The molecule has 1 N–H and O–H groups in total. The van der Waals surface area contributed by atoms with Crippen molar-refractivity contribution in [1.29, 1.82) is 0 Å². The van der Waals surface area contributed by atoms with Gasteiger partial charge in [0.1, 0.15) is 11.9 Å². The maximum absolute atomic E-state index is 12.8. The van der Waals surface area contributed by atoms with Gasteiger partial charge >= 0.3 is 5.97 Å². The highest BCUT2D eigenvalue weighted by molar-refractivity contribution is 5.75. The van der Waals surface area contributed by atoms with Crippen molar-refractivity contribution in [3.05, 3.63) is 35.6 Å². The lowest BCUT2D eigenvalue weighted by molar-refractivity contribution is -0.142. The highest BCUT2D eigenvalue weighted by Crippen LogP contribution is 2.03. The summed E-state index contributed by atoms with van der Waals surface area (Å²) in [5.41, 5.74) is 0.907. The first-order chi connectivity index (χ1) is 7.63. The number of benzene rings is 1. The van der Waals surface area contributed by atoms with Gasteiger partial charge in [-0.3, -0.25) is 4.79 Å². The van der Waals surface area contributed by atoms with Gasteiger partial charge in [0, 0.05) is 0 Å². The predicted octanol–water partition coefficient (Wildman–Crippen LogP) is 1.52. The Hall–Kier alpha value is -1.42. The Morgan fingerprint density at radius 3 is 2.94 bits per heavy atom. The van der Waals surface area contributed by atoms with E-state index in [1.54, 1.807) is 13.0 Å². The minimum atomic E-state index is -0.335. The first-order valence-corrected chi connectivity index (χ1v) is 5.19. The summed E-state index contributed by atoms with van der Waals surface area (Å²) in [6.45, 7) is 2.34. The second-order valence-electron chi connectivity index (χ2n) is 3.58. The summed E-state index contributed by atoms with van der Waals surface area (Å²) in [5.74, 6) is -0.530. The quantitative estimate of drug-likeness (QED) is 0.772. The second-order valence-corrected chi connectivity index (χ2v) is 3.58. The maximum atomic E-state index is 12.8. The predicted molar refractivity (Wildman–Crippen MR) is 59.6 cm³/mol. The number of methoxy groups -OCH3 is 1. The molecule has 0 saturated heterocycles. The van der Waals surface area contributed by atoms with E-state index in [9.17, 15) is 9.18 Å². The topological polar surface area (TPSA) is 38.3 Å². The van der Waals surface area contributed by atoms with Gasteiger partial charge in [0.2, 0.25) is 0 Å². The average molecular weight is 225 g/mol. The minimum absolute atomic E-state index is 0.237. The van der Waals surface area contributed by atoms with Gasteiger partial charge in [-0.05, 0) is 37.6 Å². The Morgan fingerprint density at radius 2 is 2.31 bits per heavy atom. The van der Waals surface area contributed by atoms with Crippen molar-refractivity contribution in [2.75, 3.05) is 13.7 Å². The molecular formula is C12H16FNO2. The third kappa shape index (κ3) is 3.98. The molecule has 0 aliphatic carbocycles. The highest BCUT2D eigenvalue weighted by Gasteiger charge is 2.10. The standard InChI is InChI=1S/C12H16FNO2/c1-9(12(15)16-2)14-7-6-10-4-3-5-11(13)8-10/h3-5,8-9,14H,6-7H2,1-2H3. The monoisotopic (exact) mass is 225 g/mol. The Balaban J connectivity index is 2.33. The SMILES string of the molecule is COC(=O)C(C)NCCc1cccc(F)c1. The van der Waals surface area contributed by atoms with Gasteiger partial charge in [-0.25, -0.2) is 4.39 Å². The van der Waals surface area contributed by atoms with Crippen molar-refractivity contribution < 1.29 is 13.9 Å². The Bertz CT molecular complexity index is 355. The van der Waals surface area contributed by atoms with E-state index in [-0.39, 0.29) is 17.8 Å². The fourth-order valence-corrected chi connectivity index (χ4v) is 1.39. The van der Waals surface area contributed by atoms with E-state index in [4.69, 9.17) is 0 Å². The molecular weight excluding hydrogens is 209 g/mol. The van der Waals surface area contributed by atoms with Crippen LogP contribution >= 0.6 is 0 Å². The molecule has 88 valence electrons. The van der Waals surface area contributed by atoms with Crippen molar-refractivity contribution >= 4 is 5.97 Å². The summed E-state index contributed by atoms with van der Waals surface area (Å²) in [6, 6.07) is 6.10. The van der Waals surface area contributed by atoms with Crippen molar-refractivity contribution in [3.63, 3.8) is 0 Å². The Labute approximate surface area is 94.6 Å². The second kappa shape index (κ2) is 6.23. The summed E-state index contributed by atoms with van der Waals surface area (Å²) in [5, 5.41) is 3.00. The zero-order valence-corrected chi connectivity index (χ0v) is 9.50. The summed E-state index contributed by atoms with van der Waals surface area (Å²) < 4.78 is 17.4. The number of halogens is 1. The van der Waals surface area contributed by atoms with Crippen LogP contribution in [0.2, 0.25) is 0 Å². The number of hydrogen-bond acceptors (Lipinski definition) is 3. The number of carbonyl (C=O) groups excluding carboxylic acids is 1. The van der Waals surface area contributed by atoms with Gasteiger partial charge in [-0.2, -0.15) is 0 Å². The number of esters is 1. The van der Waals surface area contributed by atoms with E-state index < -0.39 is 0 Å². The lowest BCUT2D eigenvalue weighted by atomic mass is 10.1. The van der Waals surface area contributed by atoms with E-state index in [0.717, 1.165) is 5.56 Å². The number of hydrogen-bond donors (Lipinski definition) is 1. The summed E-state index contributed by atoms with van der Waals surface area (Å²) in [6.07, 6.45) is 0.680. The molecule has 1 rings (SSSR count). The number of nitrogens with one attached hydrogen (secondary N) is 1. The van der Waals surface area contributed by atoms with Crippen LogP contribution in [-0.4, -0.2) is 25.7 Å². The van der Waals surface area contributed by atoms with Crippen LogP contribution in [0.1, 0.15) is 12.5 Å². The smallest absolute Gasteiger partial charge is 0.322 e. The molecule has 4 heteroatoms. The van der Waals surface area contributed by atoms with Crippen molar-refractivity contribution in [2.24, 2.45) is 0 Å². The van der Waals surface area contributed by atoms with Crippen LogP contribution in [0.3, 0.4) is 0 Å². The van der Waals surface area contributed by atoms with Crippen LogP contribution in [0.4, 0.5) is 4.39 Å². The highest BCUT2D eigenvalue weighted by atomic mass is 19.1. The maximum Gasteiger partial charge on any atom is 0.322 e. The van der Waals surface area contributed by atoms with Crippen LogP contribution in [0.15, 0.2) is 24.3 Å². The largest absolute Gasteiger partial charge is 0.468 e. The molecule has 0 amide bonds. The molecule has 0 radical (unpaired) electrons. The molecule has 1 aromatic carbocycles. The summed E-state index contributed by atoms with van der Waals surface area (Å²) in [4.78, 5) is 11.1. The number of ether oxygens (including phenoxy) is 1. The molecule has 0 heterocycles. The lowest BCUT2D eigenvalue weighted by Gasteiger charge is -2.11. The third-order valence-corrected chi connectivity index (χ3v) is 2.31. The molecule has 1 aromatic rings. The van der Waals surface area contributed by atoms with E-state index >= 15 is 0 Å². The third-order valence-electron chi connectivity index (χ3n) is 2.31. The lowest BCUT2D eigenvalue weighted by Crippen LogP contribution is -2.36. The fraction of sp³-hybridized carbons (Fsp3) is 0.417. The van der Waals surface area contributed by atoms with Crippen LogP contribution in [0, 0.1) is 5.82 Å². The first-order valence-electron chi connectivity index (χ1n) is 5.19. The van der Waals surface area contributed by atoms with Gasteiger partial charge in [0.25, 0.3) is 0 Å². The molecule has 16 heavy (non-hydrogen) atoms. The summed E-state index contributed by atoms with van der Waals surface area (Å²) >= 11 is 0. The van der Waals surface area contributed by atoms with Gasteiger partial charge in [-0.1, -0.05) is 12.1 Å². The first kappa shape index (κ1) is 12.6. The molecule has 0 bridgehead atoms. The fourth-order valence-electron chi connectivity index (χ4n) is 1.39. The van der Waals surface area contributed by atoms with E-state index in [1.807, 2.05) is 6.07 Å². The van der Waals surface area contributed by atoms with E-state index in [1.165, 1.54) is 19.2 Å². The normalized spacial score (nSPS) is 12.2. The average Bonchev–Trinajstić information content (AvgIpc) is 2.28. The number of rotatable bonds is 5. The number of carbonyl (C=O) groups is 1.